The van der Waals surface area contributed by atoms with Gasteiger partial charge in [0.2, 0.25) is 11.5 Å². The lowest BCUT2D eigenvalue weighted by molar-refractivity contribution is 0.0366. The molecule has 2 N–H and O–H groups in total. The summed E-state index contributed by atoms with van der Waals surface area (Å²) in [6.45, 7) is 4.22. The van der Waals surface area contributed by atoms with Crippen LogP contribution in [0.15, 0.2) is 47.3 Å². The van der Waals surface area contributed by atoms with Crippen molar-refractivity contribution in [2.75, 3.05) is 32.8 Å². The van der Waals surface area contributed by atoms with E-state index in [0.29, 0.717) is 37.4 Å². The Bertz CT molecular complexity index is 1480. The molecule has 0 saturated carbocycles. The summed E-state index contributed by atoms with van der Waals surface area (Å²) < 4.78 is 22.0. The number of amides is 1. The first-order valence-corrected chi connectivity index (χ1v) is 11.6. The van der Waals surface area contributed by atoms with Crippen LogP contribution in [0.4, 0.5) is 4.39 Å². The first-order chi connectivity index (χ1) is 16.9. The highest BCUT2D eigenvalue weighted by Crippen LogP contribution is 2.22. The zero-order chi connectivity index (χ0) is 24.5. The van der Waals surface area contributed by atoms with Gasteiger partial charge >= 0.3 is 5.56 Å². The number of carbonyl (C=O) groups excluding carboxylic acids is 1. The lowest BCUT2D eigenvalue weighted by atomic mass is 10.2. The fraction of sp³-hybridized carbons (Fsp3) is 0.292. The summed E-state index contributed by atoms with van der Waals surface area (Å²) in [7, 11) is 0. The Morgan fingerprint density at radius 1 is 1.14 bits per heavy atom. The van der Waals surface area contributed by atoms with Crippen molar-refractivity contribution in [2.45, 2.75) is 13.1 Å². The molecule has 9 nitrogen and oxygen atoms in total. The largest absolute Gasteiger partial charge is 0.501 e. The molecule has 1 amide bonds. The Morgan fingerprint density at radius 2 is 1.89 bits per heavy atom. The molecular weight excluding hydrogens is 477 g/mol. The molecule has 5 rings (SSSR count). The molecule has 2 aromatic heterocycles. The second kappa shape index (κ2) is 9.65. The number of aromatic hydroxyl groups is 1. The smallest absolute Gasteiger partial charge is 0.302 e. The number of fused-ring (bicyclic) bond motifs is 3. The minimum Gasteiger partial charge on any atom is -0.501 e. The van der Waals surface area contributed by atoms with Crippen LogP contribution in [0.2, 0.25) is 5.02 Å². The number of carbonyl (C=O) groups is 1. The summed E-state index contributed by atoms with van der Waals surface area (Å²) >= 11 is 5.80. The zero-order valence-electron chi connectivity index (χ0n) is 18.7. The van der Waals surface area contributed by atoms with E-state index in [-0.39, 0.29) is 23.0 Å². The van der Waals surface area contributed by atoms with Crippen LogP contribution in [0.3, 0.4) is 0 Å². The van der Waals surface area contributed by atoms with Gasteiger partial charge in [-0.25, -0.2) is 13.8 Å². The second-order valence-electron chi connectivity index (χ2n) is 8.28. The van der Waals surface area contributed by atoms with Gasteiger partial charge in [-0.1, -0.05) is 29.8 Å². The highest BCUT2D eigenvalue weighted by Gasteiger charge is 2.23. The summed E-state index contributed by atoms with van der Waals surface area (Å²) in [6, 6.07) is 11.4. The molecule has 1 aliphatic heterocycles. The molecule has 1 aliphatic rings. The van der Waals surface area contributed by atoms with Gasteiger partial charge < -0.3 is 19.7 Å². The third-order valence-corrected chi connectivity index (χ3v) is 6.38. The number of nitrogens with zero attached hydrogens (tertiary/aromatic N) is 4. The zero-order valence-corrected chi connectivity index (χ0v) is 19.5. The summed E-state index contributed by atoms with van der Waals surface area (Å²) in [4.78, 5) is 32.7. The topological polar surface area (TPSA) is 101 Å². The molecule has 11 heteroatoms. The summed E-state index contributed by atoms with van der Waals surface area (Å²) in [5.41, 5.74) is 0.806. The minimum absolute atomic E-state index is 0.0132. The Hall–Kier alpha value is -3.47. The number of rotatable bonds is 6. The van der Waals surface area contributed by atoms with Gasteiger partial charge in [0, 0.05) is 32.7 Å². The van der Waals surface area contributed by atoms with Crippen molar-refractivity contribution >= 4 is 34.3 Å². The number of aromatic nitrogens is 3. The maximum Gasteiger partial charge on any atom is 0.302 e. The molecular formula is C24H23ClFN5O4. The molecule has 0 aliphatic carbocycles. The van der Waals surface area contributed by atoms with E-state index in [1.165, 1.54) is 22.6 Å². The van der Waals surface area contributed by atoms with E-state index < -0.39 is 23.0 Å². The number of halogens is 2. The average molecular weight is 500 g/mol. The third-order valence-electron chi connectivity index (χ3n) is 6.09. The van der Waals surface area contributed by atoms with Crippen molar-refractivity contribution in [3.05, 3.63) is 74.9 Å². The number of hydrogen-bond acceptors (Lipinski definition) is 6. The van der Waals surface area contributed by atoms with E-state index in [2.05, 4.69) is 15.2 Å². The standard InChI is InChI=1S/C24H23ClFN5O4/c25-16-13-15(5-6-17(16)26)14-27-22(33)20-21(32)23(34)31-19-4-2-1-3-18(19)30(24(31)28-20)8-7-29-9-11-35-12-10-29/h1-6,13,32H,7-12,14H2,(H,27,33). The lowest BCUT2D eigenvalue weighted by Gasteiger charge is -2.26. The highest BCUT2D eigenvalue weighted by atomic mass is 35.5. The Kier molecular flexibility index (Phi) is 6.42. The number of hydrogen-bond donors (Lipinski definition) is 2. The normalized spacial score (nSPS) is 14.6. The van der Waals surface area contributed by atoms with E-state index in [1.807, 2.05) is 16.7 Å². The minimum atomic E-state index is -0.742. The SMILES string of the molecule is O=C(NCc1ccc(F)c(Cl)c1)c1nc2n(CCN3CCOCC3)c3ccccc3n2c(=O)c1O. The van der Waals surface area contributed by atoms with Gasteiger partial charge in [-0.05, 0) is 29.8 Å². The predicted octanol–water partition coefficient (Wildman–Crippen LogP) is 2.41. The van der Waals surface area contributed by atoms with Crippen LogP contribution in [0.25, 0.3) is 16.8 Å². The molecule has 182 valence electrons. The molecule has 1 fully saturated rings. The first kappa shape index (κ1) is 23.3. The summed E-state index contributed by atoms with van der Waals surface area (Å²) in [6.07, 6.45) is 0. The first-order valence-electron chi connectivity index (χ1n) is 11.2. The van der Waals surface area contributed by atoms with E-state index in [1.54, 1.807) is 12.1 Å². The van der Waals surface area contributed by atoms with E-state index >= 15 is 0 Å². The molecule has 4 aromatic rings. The van der Waals surface area contributed by atoms with Gasteiger partial charge in [-0.3, -0.25) is 14.5 Å². The number of benzene rings is 2. The van der Waals surface area contributed by atoms with Crippen molar-refractivity contribution in [3.8, 4) is 5.75 Å². The lowest BCUT2D eigenvalue weighted by Crippen LogP contribution is -2.38. The van der Waals surface area contributed by atoms with Gasteiger partial charge in [0.05, 0.1) is 29.3 Å². The molecule has 0 unspecified atom stereocenters. The van der Waals surface area contributed by atoms with Crippen LogP contribution >= 0.6 is 11.6 Å². The monoisotopic (exact) mass is 499 g/mol. The molecule has 2 aromatic carbocycles. The number of para-hydroxylation sites is 2. The van der Waals surface area contributed by atoms with Gasteiger partial charge in [-0.2, -0.15) is 0 Å². The van der Waals surface area contributed by atoms with E-state index in [9.17, 15) is 19.1 Å². The Balaban J connectivity index is 1.50. The average Bonchev–Trinajstić information content (AvgIpc) is 3.19. The molecule has 3 heterocycles. The maximum atomic E-state index is 13.4. The van der Waals surface area contributed by atoms with Crippen molar-refractivity contribution in [1.29, 1.82) is 0 Å². The molecule has 0 atom stereocenters. The van der Waals surface area contributed by atoms with E-state index in [4.69, 9.17) is 16.3 Å². The number of imidazole rings is 1. The molecule has 0 spiro atoms. The summed E-state index contributed by atoms with van der Waals surface area (Å²) in [5.74, 6) is -1.78. The maximum absolute atomic E-state index is 13.4. The van der Waals surface area contributed by atoms with Crippen LogP contribution in [-0.2, 0) is 17.8 Å². The van der Waals surface area contributed by atoms with Crippen LogP contribution in [-0.4, -0.2) is 62.7 Å². The van der Waals surface area contributed by atoms with Crippen LogP contribution in [0, 0.1) is 5.82 Å². The predicted molar refractivity (Wildman–Crippen MR) is 128 cm³/mol. The van der Waals surface area contributed by atoms with Crippen molar-refractivity contribution < 1.29 is 19.0 Å². The van der Waals surface area contributed by atoms with Crippen LogP contribution in [0.1, 0.15) is 16.1 Å². The highest BCUT2D eigenvalue weighted by molar-refractivity contribution is 6.30. The Morgan fingerprint density at radius 3 is 2.63 bits per heavy atom. The molecule has 1 saturated heterocycles. The number of nitrogens with one attached hydrogen (secondary N) is 1. The number of morpholine rings is 1. The van der Waals surface area contributed by atoms with Crippen LogP contribution < -0.4 is 10.9 Å². The second-order valence-corrected chi connectivity index (χ2v) is 8.68. The van der Waals surface area contributed by atoms with Gasteiger partial charge in [0.25, 0.3) is 5.91 Å². The quantitative estimate of drug-likeness (QED) is 0.422. The van der Waals surface area contributed by atoms with E-state index in [0.717, 1.165) is 18.6 Å². The van der Waals surface area contributed by atoms with Gasteiger partial charge in [-0.15, -0.1) is 0 Å². The molecule has 0 bridgehead atoms. The van der Waals surface area contributed by atoms with Crippen molar-refractivity contribution in [3.63, 3.8) is 0 Å². The Labute approximate surface area is 204 Å². The fourth-order valence-electron chi connectivity index (χ4n) is 4.25. The molecule has 0 radical (unpaired) electrons. The molecule has 35 heavy (non-hydrogen) atoms. The summed E-state index contributed by atoms with van der Waals surface area (Å²) in [5, 5.41) is 13.1. The fourth-order valence-corrected chi connectivity index (χ4v) is 4.45. The van der Waals surface area contributed by atoms with Crippen molar-refractivity contribution in [1.82, 2.24) is 24.2 Å². The van der Waals surface area contributed by atoms with Crippen molar-refractivity contribution in [2.24, 2.45) is 0 Å². The van der Waals surface area contributed by atoms with Gasteiger partial charge in [0.1, 0.15) is 5.82 Å². The van der Waals surface area contributed by atoms with Gasteiger partial charge in [0.15, 0.2) is 5.69 Å². The number of ether oxygens (including phenoxy) is 1. The third kappa shape index (κ3) is 4.47. The van der Waals surface area contributed by atoms with Crippen LogP contribution in [0.5, 0.6) is 5.75 Å².